The molecule has 1 aromatic heterocycles. The van der Waals surface area contributed by atoms with Gasteiger partial charge >= 0.3 is 6.01 Å². The number of nitrogens with zero attached hydrogens (tertiary/aromatic N) is 2. The van der Waals surface area contributed by atoms with Crippen LogP contribution in [0.3, 0.4) is 0 Å². The van der Waals surface area contributed by atoms with E-state index >= 15 is 0 Å². The van der Waals surface area contributed by atoms with E-state index in [1.54, 1.807) is 0 Å². The molecule has 0 aromatic carbocycles. The molecule has 0 saturated carbocycles. The van der Waals surface area contributed by atoms with Crippen molar-refractivity contribution in [1.82, 2.24) is 9.97 Å². The molecule has 0 aliphatic rings. The summed E-state index contributed by atoms with van der Waals surface area (Å²) in [5, 5.41) is 0. The molecule has 1 aromatic rings. The number of hydrogen-bond donors (Lipinski definition) is 0. The van der Waals surface area contributed by atoms with Crippen LogP contribution in [0.1, 0.15) is 19.5 Å². The smallest absolute Gasteiger partial charge is 0.316 e. The minimum atomic E-state index is -1.45. The van der Waals surface area contributed by atoms with E-state index < -0.39 is 5.67 Å². The Morgan fingerprint density at radius 1 is 1.50 bits per heavy atom. The highest BCUT2D eigenvalue weighted by Crippen LogP contribution is 2.22. The maximum absolute atomic E-state index is 13.3. The zero-order chi connectivity index (χ0) is 9.19. The monoisotopic (exact) mass is 170 g/mol. The summed E-state index contributed by atoms with van der Waals surface area (Å²) in [6.07, 6.45) is 1.47. The first-order valence-corrected chi connectivity index (χ1v) is 3.60. The summed E-state index contributed by atoms with van der Waals surface area (Å²) in [6.45, 7) is 2.88. The van der Waals surface area contributed by atoms with Gasteiger partial charge in [-0.15, -0.1) is 0 Å². The Morgan fingerprint density at radius 3 is 2.67 bits per heavy atom. The molecule has 4 heteroatoms. The van der Waals surface area contributed by atoms with Gasteiger partial charge in [-0.05, 0) is 19.9 Å². The van der Waals surface area contributed by atoms with E-state index in [0.29, 0.717) is 5.69 Å². The molecule has 0 atom stereocenters. The minimum Gasteiger partial charge on any atom is -0.467 e. The van der Waals surface area contributed by atoms with E-state index in [4.69, 9.17) is 4.74 Å². The van der Waals surface area contributed by atoms with Gasteiger partial charge in [0.25, 0.3) is 0 Å². The largest absolute Gasteiger partial charge is 0.467 e. The van der Waals surface area contributed by atoms with Crippen LogP contribution in [0.15, 0.2) is 12.3 Å². The van der Waals surface area contributed by atoms with Crippen LogP contribution in [-0.4, -0.2) is 17.1 Å². The second-order valence-corrected chi connectivity index (χ2v) is 2.90. The number of methoxy groups -OCH3 is 1. The molecule has 0 N–H and O–H groups in total. The number of alkyl halides is 1. The third-order valence-corrected chi connectivity index (χ3v) is 1.43. The maximum Gasteiger partial charge on any atom is 0.316 e. The number of halogens is 1. The quantitative estimate of drug-likeness (QED) is 0.677. The predicted molar refractivity (Wildman–Crippen MR) is 42.7 cm³/mol. The lowest BCUT2D eigenvalue weighted by Gasteiger charge is -2.12. The van der Waals surface area contributed by atoms with E-state index in [1.807, 2.05) is 0 Å². The van der Waals surface area contributed by atoms with Gasteiger partial charge in [-0.1, -0.05) is 0 Å². The Morgan fingerprint density at radius 2 is 2.17 bits per heavy atom. The Kier molecular flexibility index (Phi) is 2.26. The lowest BCUT2D eigenvalue weighted by molar-refractivity contribution is 0.211. The van der Waals surface area contributed by atoms with Gasteiger partial charge in [-0.3, -0.25) is 0 Å². The van der Waals surface area contributed by atoms with Crippen molar-refractivity contribution in [2.45, 2.75) is 19.5 Å². The fraction of sp³-hybridized carbons (Fsp3) is 0.500. The number of ether oxygens (including phenoxy) is 1. The van der Waals surface area contributed by atoms with E-state index in [0.717, 1.165) is 0 Å². The van der Waals surface area contributed by atoms with E-state index in [1.165, 1.54) is 33.2 Å². The van der Waals surface area contributed by atoms with Crippen LogP contribution in [0.2, 0.25) is 0 Å². The van der Waals surface area contributed by atoms with Crippen molar-refractivity contribution in [1.29, 1.82) is 0 Å². The molecule has 0 spiro atoms. The fourth-order valence-electron chi connectivity index (χ4n) is 0.770. The Hall–Kier alpha value is -1.19. The normalized spacial score (nSPS) is 11.3. The van der Waals surface area contributed by atoms with Crippen LogP contribution in [0.25, 0.3) is 0 Å². The number of rotatable bonds is 2. The summed E-state index contributed by atoms with van der Waals surface area (Å²) in [4.78, 5) is 7.63. The molecule has 1 rings (SSSR count). The van der Waals surface area contributed by atoms with E-state index in [2.05, 4.69) is 9.97 Å². The van der Waals surface area contributed by atoms with Gasteiger partial charge in [0.2, 0.25) is 0 Å². The SMILES string of the molecule is COc1nccc(C(C)(C)F)n1. The molecule has 0 bridgehead atoms. The van der Waals surface area contributed by atoms with Gasteiger partial charge in [0.05, 0.1) is 12.8 Å². The van der Waals surface area contributed by atoms with Gasteiger partial charge in [0, 0.05) is 6.20 Å². The van der Waals surface area contributed by atoms with Gasteiger partial charge in [-0.25, -0.2) is 9.37 Å². The van der Waals surface area contributed by atoms with E-state index in [9.17, 15) is 4.39 Å². The molecular weight excluding hydrogens is 159 g/mol. The average molecular weight is 170 g/mol. The highest BCUT2D eigenvalue weighted by Gasteiger charge is 2.20. The fourth-order valence-corrected chi connectivity index (χ4v) is 0.770. The molecule has 66 valence electrons. The molecule has 0 fully saturated rings. The zero-order valence-corrected chi connectivity index (χ0v) is 7.34. The Bertz CT molecular complexity index is 270. The molecule has 12 heavy (non-hydrogen) atoms. The highest BCUT2D eigenvalue weighted by molar-refractivity contribution is 5.11. The van der Waals surface area contributed by atoms with Crippen LogP contribution in [0, 0.1) is 0 Å². The molecule has 0 aliphatic heterocycles. The third-order valence-electron chi connectivity index (χ3n) is 1.43. The van der Waals surface area contributed by atoms with E-state index in [-0.39, 0.29) is 6.01 Å². The Balaban J connectivity index is 3.02. The van der Waals surface area contributed by atoms with Gasteiger partial charge in [0.1, 0.15) is 5.67 Å². The van der Waals surface area contributed by atoms with Crippen molar-refractivity contribution in [3.8, 4) is 6.01 Å². The van der Waals surface area contributed by atoms with Gasteiger partial charge in [-0.2, -0.15) is 4.98 Å². The molecule has 1 heterocycles. The summed E-state index contributed by atoms with van der Waals surface area (Å²) in [7, 11) is 1.45. The summed E-state index contributed by atoms with van der Waals surface area (Å²) < 4.78 is 18.1. The predicted octanol–water partition coefficient (Wildman–Crippen LogP) is 1.69. The lowest BCUT2D eigenvalue weighted by Crippen LogP contribution is -2.12. The second-order valence-electron chi connectivity index (χ2n) is 2.90. The van der Waals surface area contributed by atoms with Crippen LogP contribution in [-0.2, 0) is 5.67 Å². The topological polar surface area (TPSA) is 35.0 Å². The van der Waals surface area contributed by atoms with Crippen LogP contribution in [0.4, 0.5) is 4.39 Å². The molecular formula is C8H11FN2O. The zero-order valence-electron chi connectivity index (χ0n) is 7.34. The first kappa shape index (κ1) is 8.90. The van der Waals surface area contributed by atoms with Crippen LogP contribution in [0.5, 0.6) is 6.01 Å². The van der Waals surface area contributed by atoms with Crippen LogP contribution < -0.4 is 4.74 Å². The average Bonchev–Trinajstić information content (AvgIpc) is 2.03. The summed E-state index contributed by atoms with van der Waals surface area (Å²) in [5.41, 5.74) is -1.12. The Labute approximate surface area is 70.6 Å². The number of hydrogen-bond acceptors (Lipinski definition) is 3. The van der Waals surface area contributed by atoms with Crippen molar-refractivity contribution in [3.05, 3.63) is 18.0 Å². The van der Waals surface area contributed by atoms with Crippen molar-refractivity contribution < 1.29 is 9.13 Å². The highest BCUT2D eigenvalue weighted by atomic mass is 19.1. The van der Waals surface area contributed by atoms with Crippen molar-refractivity contribution in [2.24, 2.45) is 0 Å². The molecule has 0 radical (unpaired) electrons. The minimum absolute atomic E-state index is 0.193. The first-order valence-electron chi connectivity index (χ1n) is 3.60. The van der Waals surface area contributed by atoms with Crippen molar-refractivity contribution in [3.63, 3.8) is 0 Å². The van der Waals surface area contributed by atoms with Crippen molar-refractivity contribution >= 4 is 0 Å². The molecule has 3 nitrogen and oxygen atoms in total. The van der Waals surface area contributed by atoms with Crippen LogP contribution >= 0.6 is 0 Å². The summed E-state index contributed by atoms with van der Waals surface area (Å²) >= 11 is 0. The second kappa shape index (κ2) is 3.05. The number of aromatic nitrogens is 2. The summed E-state index contributed by atoms with van der Waals surface area (Å²) in [6, 6.07) is 1.72. The summed E-state index contributed by atoms with van der Waals surface area (Å²) in [5.74, 6) is 0. The standard InChI is InChI=1S/C8H11FN2O/c1-8(2,9)6-4-5-10-7(11-6)12-3/h4-5H,1-3H3. The maximum atomic E-state index is 13.3. The molecule has 0 unspecified atom stereocenters. The first-order chi connectivity index (χ1) is 5.54. The lowest BCUT2D eigenvalue weighted by atomic mass is 10.1. The molecule has 0 aliphatic carbocycles. The van der Waals surface area contributed by atoms with Gasteiger partial charge < -0.3 is 4.74 Å². The molecule has 0 saturated heterocycles. The van der Waals surface area contributed by atoms with Crippen molar-refractivity contribution in [2.75, 3.05) is 7.11 Å². The third kappa shape index (κ3) is 1.90. The molecule has 0 amide bonds. The van der Waals surface area contributed by atoms with Gasteiger partial charge in [0.15, 0.2) is 0 Å².